The summed E-state index contributed by atoms with van der Waals surface area (Å²) in [7, 11) is 1.94. The highest BCUT2D eigenvalue weighted by Gasteiger charge is 2.27. The number of ether oxygens (including phenoxy) is 1. The lowest BCUT2D eigenvalue weighted by Crippen LogP contribution is -2.38. The van der Waals surface area contributed by atoms with E-state index < -0.39 is 6.09 Å². The van der Waals surface area contributed by atoms with Crippen LogP contribution in [0.1, 0.15) is 31.5 Å². The largest absolute Gasteiger partial charge is 0.410 e. The highest BCUT2D eigenvalue weighted by atomic mass is 16.5. The van der Waals surface area contributed by atoms with E-state index in [1.807, 2.05) is 22.6 Å². The number of benzene rings is 1. The van der Waals surface area contributed by atoms with Crippen molar-refractivity contribution < 1.29 is 14.3 Å². The zero-order chi connectivity index (χ0) is 16.6. The number of imidazole rings is 1. The first-order valence-electron chi connectivity index (χ1n) is 7.65. The number of fused-ring (bicyclic) bond motifs is 1. The van der Waals surface area contributed by atoms with E-state index >= 15 is 0 Å². The van der Waals surface area contributed by atoms with Crippen LogP contribution in [0.2, 0.25) is 0 Å². The Labute approximate surface area is 134 Å². The Morgan fingerprint density at radius 3 is 2.87 bits per heavy atom. The highest BCUT2D eigenvalue weighted by molar-refractivity contribution is 5.85. The van der Waals surface area contributed by atoms with E-state index in [-0.39, 0.29) is 11.8 Å². The predicted molar refractivity (Wildman–Crippen MR) is 85.2 cm³/mol. The molecule has 0 radical (unpaired) electrons. The summed E-state index contributed by atoms with van der Waals surface area (Å²) in [6.07, 6.45) is 1.08. The molecular weight excluding hydrogens is 296 g/mol. The smallest absolute Gasteiger partial charge is 0.408 e. The zero-order valence-electron chi connectivity index (χ0n) is 13.3. The fourth-order valence-electron chi connectivity index (χ4n) is 3.24. The van der Waals surface area contributed by atoms with Crippen LogP contribution in [0.4, 0.5) is 4.79 Å². The molecule has 3 rings (SSSR count). The van der Waals surface area contributed by atoms with Gasteiger partial charge in [-0.15, -0.1) is 0 Å². The van der Waals surface area contributed by atoms with Crippen molar-refractivity contribution >= 4 is 23.0 Å². The molecule has 1 aliphatic heterocycles. The molecule has 7 heteroatoms. The van der Waals surface area contributed by atoms with Gasteiger partial charge >= 0.3 is 6.09 Å². The second-order valence-electron chi connectivity index (χ2n) is 5.88. The molecule has 0 spiro atoms. The van der Waals surface area contributed by atoms with Gasteiger partial charge in [0, 0.05) is 33.0 Å². The number of likely N-dealkylation sites (tertiary alicyclic amines) is 1. The van der Waals surface area contributed by atoms with Gasteiger partial charge in [0.2, 0.25) is 5.91 Å². The molecular formula is C16H20N4O3. The average Bonchev–Trinajstić information content (AvgIpc) is 2.85. The molecule has 7 nitrogen and oxygen atoms in total. The van der Waals surface area contributed by atoms with Crippen molar-refractivity contribution in [3.8, 4) is 5.75 Å². The van der Waals surface area contributed by atoms with Crippen molar-refractivity contribution in [1.82, 2.24) is 14.5 Å². The molecule has 23 heavy (non-hydrogen) atoms. The first-order chi connectivity index (χ1) is 11.0. The van der Waals surface area contributed by atoms with Crippen LogP contribution in [0.25, 0.3) is 11.0 Å². The fraction of sp³-hybridized carbons (Fsp3) is 0.438. The normalized spacial score (nSPS) is 18.2. The Morgan fingerprint density at radius 1 is 1.39 bits per heavy atom. The number of nitrogens with zero attached hydrogens (tertiary/aromatic N) is 3. The summed E-state index contributed by atoms with van der Waals surface area (Å²) in [4.78, 5) is 29.2. The van der Waals surface area contributed by atoms with Gasteiger partial charge in [0.25, 0.3) is 0 Å². The maximum Gasteiger partial charge on any atom is 0.410 e. The molecule has 1 aromatic carbocycles. The monoisotopic (exact) mass is 316 g/mol. The topological polar surface area (TPSA) is 90.5 Å². The Bertz CT molecular complexity index is 768. The van der Waals surface area contributed by atoms with Crippen LogP contribution in [0, 0.1) is 0 Å². The molecule has 2 aromatic rings. The van der Waals surface area contributed by atoms with Crippen LogP contribution in [0.5, 0.6) is 5.75 Å². The third-order valence-electron chi connectivity index (χ3n) is 4.35. The molecule has 1 fully saturated rings. The lowest BCUT2D eigenvalue weighted by atomic mass is 9.97. The number of piperidine rings is 1. The van der Waals surface area contributed by atoms with Crippen molar-refractivity contribution in [2.24, 2.45) is 12.8 Å². The van der Waals surface area contributed by atoms with Gasteiger partial charge in [-0.3, -0.25) is 4.79 Å². The minimum atomic E-state index is -0.856. The zero-order valence-corrected chi connectivity index (χ0v) is 13.3. The van der Waals surface area contributed by atoms with Crippen molar-refractivity contribution in [3.63, 3.8) is 0 Å². The van der Waals surface area contributed by atoms with E-state index in [0.717, 1.165) is 30.7 Å². The van der Waals surface area contributed by atoms with Crippen molar-refractivity contribution in [1.29, 1.82) is 0 Å². The third kappa shape index (κ3) is 2.86. The minimum Gasteiger partial charge on any atom is -0.408 e. The second-order valence-corrected chi connectivity index (χ2v) is 5.88. The first kappa shape index (κ1) is 15.3. The number of rotatable bonds is 2. The standard InChI is InChI=1S/C16H20N4O3/c1-10(21)20-8-4-5-11(9-20)15-18-14-12(19(15)2)6-3-7-13(14)23-16(17)22/h3,6-7,11H,4-5,8-9H2,1-2H3,(H2,17,22). The summed E-state index contributed by atoms with van der Waals surface area (Å²) in [5.74, 6) is 1.51. The van der Waals surface area contributed by atoms with Gasteiger partial charge in [-0.2, -0.15) is 0 Å². The van der Waals surface area contributed by atoms with E-state index in [1.54, 1.807) is 19.1 Å². The molecule has 1 aliphatic rings. The average molecular weight is 316 g/mol. The van der Waals surface area contributed by atoms with Crippen LogP contribution >= 0.6 is 0 Å². The van der Waals surface area contributed by atoms with Crippen LogP contribution in [-0.4, -0.2) is 39.5 Å². The molecule has 1 unspecified atom stereocenters. The molecule has 0 saturated carbocycles. The molecule has 0 aliphatic carbocycles. The molecule has 2 heterocycles. The Kier molecular flexibility index (Phi) is 3.94. The van der Waals surface area contributed by atoms with Gasteiger partial charge in [0.1, 0.15) is 11.3 Å². The molecule has 0 bridgehead atoms. The molecule has 122 valence electrons. The third-order valence-corrected chi connectivity index (χ3v) is 4.35. The number of carbonyl (C=O) groups excluding carboxylic acids is 2. The summed E-state index contributed by atoms with van der Waals surface area (Å²) in [5.41, 5.74) is 6.60. The number of aromatic nitrogens is 2. The van der Waals surface area contributed by atoms with Crippen LogP contribution in [0.3, 0.4) is 0 Å². The van der Waals surface area contributed by atoms with Crippen LogP contribution in [0.15, 0.2) is 18.2 Å². The molecule has 2 N–H and O–H groups in total. The van der Waals surface area contributed by atoms with Gasteiger partial charge in [-0.25, -0.2) is 9.78 Å². The Hall–Kier alpha value is -2.57. The van der Waals surface area contributed by atoms with Crippen molar-refractivity contribution in [2.75, 3.05) is 13.1 Å². The minimum absolute atomic E-state index is 0.0891. The van der Waals surface area contributed by atoms with Crippen LogP contribution < -0.4 is 10.5 Å². The fourth-order valence-corrected chi connectivity index (χ4v) is 3.24. The maximum absolute atomic E-state index is 11.6. The number of primary amides is 1. The van der Waals surface area contributed by atoms with E-state index in [9.17, 15) is 9.59 Å². The maximum atomic E-state index is 11.6. The molecule has 1 aromatic heterocycles. The van der Waals surface area contributed by atoms with E-state index in [1.165, 1.54) is 0 Å². The van der Waals surface area contributed by atoms with Crippen LogP contribution in [-0.2, 0) is 11.8 Å². The van der Waals surface area contributed by atoms with E-state index in [4.69, 9.17) is 10.5 Å². The Morgan fingerprint density at radius 2 is 2.17 bits per heavy atom. The van der Waals surface area contributed by atoms with Crippen molar-refractivity contribution in [3.05, 3.63) is 24.0 Å². The second kappa shape index (κ2) is 5.91. The van der Waals surface area contributed by atoms with E-state index in [0.29, 0.717) is 17.8 Å². The van der Waals surface area contributed by atoms with Gasteiger partial charge in [0.05, 0.1) is 5.52 Å². The van der Waals surface area contributed by atoms with Gasteiger partial charge < -0.3 is 19.9 Å². The van der Waals surface area contributed by atoms with Gasteiger partial charge in [-0.1, -0.05) is 6.07 Å². The lowest BCUT2D eigenvalue weighted by molar-refractivity contribution is -0.130. The number of nitrogens with two attached hydrogens (primary N) is 1. The number of hydrogen-bond donors (Lipinski definition) is 1. The predicted octanol–water partition coefficient (Wildman–Crippen LogP) is 1.76. The summed E-state index contributed by atoms with van der Waals surface area (Å²) >= 11 is 0. The van der Waals surface area contributed by atoms with Gasteiger partial charge in [0.15, 0.2) is 5.75 Å². The summed E-state index contributed by atoms with van der Waals surface area (Å²) < 4.78 is 7.04. The van der Waals surface area contributed by atoms with Gasteiger partial charge in [-0.05, 0) is 25.0 Å². The molecule has 2 amide bonds. The van der Waals surface area contributed by atoms with E-state index in [2.05, 4.69) is 4.98 Å². The SMILES string of the molecule is CC(=O)N1CCCC(c2nc3c(OC(N)=O)cccc3n2C)C1. The summed E-state index contributed by atoms with van der Waals surface area (Å²) in [5, 5.41) is 0. The lowest BCUT2D eigenvalue weighted by Gasteiger charge is -2.31. The number of carbonyl (C=O) groups is 2. The number of para-hydroxylation sites is 1. The first-order valence-corrected chi connectivity index (χ1v) is 7.65. The summed E-state index contributed by atoms with van der Waals surface area (Å²) in [6, 6.07) is 5.40. The van der Waals surface area contributed by atoms with Crippen molar-refractivity contribution in [2.45, 2.75) is 25.7 Å². The number of hydrogen-bond acceptors (Lipinski definition) is 4. The quantitative estimate of drug-likeness (QED) is 0.914. The number of amides is 2. The number of aryl methyl sites for hydroxylation is 1. The molecule has 1 saturated heterocycles. The summed E-state index contributed by atoms with van der Waals surface area (Å²) in [6.45, 7) is 3.06. The molecule has 1 atom stereocenters. The Balaban J connectivity index is 2.00. The highest BCUT2D eigenvalue weighted by Crippen LogP contribution is 2.32.